The fraction of sp³-hybridized carbons (Fsp3) is 0.300. The first-order valence-electron chi connectivity index (χ1n) is 4.46. The Morgan fingerprint density at radius 3 is 2.69 bits per heavy atom. The number of anilines is 1. The molecule has 1 aromatic rings. The van der Waals surface area contributed by atoms with Crippen molar-refractivity contribution < 1.29 is 13.6 Å². The van der Waals surface area contributed by atoms with Crippen LogP contribution in [0.15, 0.2) is 24.3 Å². The van der Waals surface area contributed by atoms with E-state index < -0.39 is 6.43 Å². The van der Waals surface area contributed by atoms with Crippen LogP contribution in [0.3, 0.4) is 0 Å². The van der Waals surface area contributed by atoms with Gasteiger partial charge in [-0.05, 0) is 19.2 Å². The molecule has 0 saturated carbocycles. The summed E-state index contributed by atoms with van der Waals surface area (Å²) < 4.78 is 24.6. The van der Waals surface area contributed by atoms with Gasteiger partial charge in [0.1, 0.15) is 0 Å². The number of hydrogen-bond donors (Lipinski definition) is 2. The van der Waals surface area contributed by atoms with Gasteiger partial charge in [0.05, 0.1) is 6.54 Å². The number of rotatable bonds is 4. The third-order valence-electron chi connectivity index (χ3n) is 1.76. The van der Waals surface area contributed by atoms with E-state index in [2.05, 4.69) is 10.6 Å². The van der Waals surface area contributed by atoms with E-state index in [1.165, 1.54) is 18.2 Å². The van der Waals surface area contributed by atoms with E-state index in [0.717, 1.165) is 0 Å². The highest BCUT2D eigenvalue weighted by Crippen LogP contribution is 2.21. The van der Waals surface area contributed by atoms with Gasteiger partial charge < -0.3 is 10.6 Å². The number of likely N-dealkylation sites (N-methyl/N-ethyl adjacent to an activating group) is 1. The summed E-state index contributed by atoms with van der Waals surface area (Å²) in [6.07, 6.45) is -2.52. The fourth-order valence-electron chi connectivity index (χ4n) is 1.12. The summed E-state index contributed by atoms with van der Waals surface area (Å²) in [5.41, 5.74) is 0.283. The molecule has 90 valence electrons. The zero-order chi connectivity index (χ0) is 11.3. The van der Waals surface area contributed by atoms with Gasteiger partial charge in [0.25, 0.3) is 6.43 Å². The van der Waals surface area contributed by atoms with Crippen LogP contribution in [0.5, 0.6) is 0 Å². The molecule has 0 aliphatic carbocycles. The third-order valence-corrected chi connectivity index (χ3v) is 1.76. The molecule has 16 heavy (non-hydrogen) atoms. The summed E-state index contributed by atoms with van der Waals surface area (Å²) in [6.45, 7) is 0.152. The first kappa shape index (κ1) is 14.8. The van der Waals surface area contributed by atoms with E-state index in [4.69, 9.17) is 0 Å². The Bertz CT molecular complexity index is 347. The highest BCUT2D eigenvalue weighted by atomic mass is 35.5. The zero-order valence-corrected chi connectivity index (χ0v) is 9.48. The minimum Gasteiger partial charge on any atom is -0.325 e. The van der Waals surface area contributed by atoms with Gasteiger partial charge in [-0.15, -0.1) is 12.4 Å². The lowest BCUT2D eigenvalue weighted by atomic mass is 10.2. The van der Waals surface area contributed by atoms with E-state index in [9.17, 15) is 13.6 Å². The molecular formula is C10H13ClF2N2O. The average molecular weight is 251 g/mol. The largest absolute Gasteiger partial charge is 0.325 e. The third kappa shape index (κ3) is 4.55. The van der Waals surface area contributed by atoms with Gasteiger partial charge in [-0.25, -0.2) is 8.78 Å². The van der Waals surface area contributed by atoms with E-state index in [-0.39, 0.29) is 30.4 Å². The van der Waals surface area contributed by atoms with Crippen LogP contribution in [0, 0.1) is 0 Å². The van der Waals surface area contributed by atoms with Crippen molar-refractivity contribution in [2.24, 2.45) is 0 Å². The molecule has 0 spiro atoms. The molecule has 0 aliphatic rings. The van der Waals surface area contributed by atoms with Crippen molar-refractivity contribution in [3.05, 3.63) is 29.8 Å². The molecule has 0 bridgehead atoms. The minimum absolute atomic E-state index is 0. The Morgan fingerprint density at radius 2 is 2.12 bits per heavy atom. The molecule has 0 aliphatic heterocycles. The van der Waals surface area contributed by atoms with Gasteiger partial charge in [0.2, 0.25) is 5.91 Å². The molecule has 1 amide bonds. The van der Waals surface area contributed by atoms with Crippen LogP contribution < -0.4 is 10.6 Å². The Hall–Kier alpha value is -1.20. The van der Waals surface area contributed by atoms with Crippen molar-refractivity contribution in [3.63, 3.8) is 0 Å². The van der Waals surface area contributed by atoms with Crippen molar-refractivity contribution in [1.82, 2.24) is 5.32 Å². The predicted octanol–water partition coefficient (Wildman–Crippen LogP) is 2.20. The molecule has 1 aromatic carbocycles. The lowest BCUT2D eigenvalue weighted by molar-refractivity contribution is -0.115. The van der Waals surface area contributed by atoms with Crippen LogP contribution in [-0.4, -0.2) is 19.5 Å². The smallest absolute Gasteiger partial charge is 0.263 e. The zero-order valence-electron chi connectivity index (χ0n) is 8.67. The standard InChI is InChI=1S/C10H12F2N2O.ClH/c1-13-6-9(15)14-8-4-2-3-7(5-8)10(11)12;/h2-5,10,13H,6H2,1H3,(H,14,15);1H. The maximum absolute atomic E-state index is 12.3. The normalized spacial score (nSPS) is 9.75. The van der Waals surface area contributed by atoms with E-state index in [1.54, 1.807) is 13.1 Å². The minimum atomic E-state index is -2.52. The number of nitrogens with one attached hydrogen (secondary N) is 2. The number of alkyl halides is 2. The lowest BCUT2D eigenvalue weighted by Gasteiger charge is -2.06. The second-order valence-corrected chi connectivity index (χ2v) is 3.00. The highest BCUT2D eigenvalue weighted by molar-refractivity contribution is 5.92. The van der Waals surface area contributed by atoms with Gasteiger partial charge >= 0.3 is 0 Å². The average Bonchev–Trinajstić information content (AvgIpc) is 2.18. The summed E-state index contributed by atoms with van der Waals surface area (Å²) in [6, 6.07) is 5.63. The molecule has 0 aromatic heterocycles. The fourth-order valence-corrected chi connectivity index (χ4v) is 1.12. The molecular weight excluding hydrogens is 238 g/mol. The van der Waals surface area contributed by atoms with Gasteiger partial charge in [-0.1, -0.05) is 12.1 Å². The van der Waals surface area contributed by atoms with Crippen LogP contribution in [0.4, 0.5) is 14.5 Å². The van der Waals surface area contributed by atoms with Crippen LogP contribution in [-0.2, 0) is 4.79 Å². The Labute approximate surface area is 98.6 Å². The SMILES string of the molecule is CNCC(=O)Nc1cccc(C(F)F)c1.Cl. The van der Waals surface area contributed by atoms with Crippen LogP contribution >= 0.6 is 12.4 Å². The van der Waals surface area contributed by atoms with Crippen LogP contribution in [0.1, 0.15) is 12.0 Å². The molecule has 0 saturated heterocycles. The number of benzene rings is 1. The molecule has 0 radical (unpaired) electrons. The second-order valence-electron chi connectivity index (χ2n) is 3.00. The number of carbonyl (C=O) groups is 1. The monoisotopic (exact) mass is 250 g/mol. The molecule has 0 unspecified atom stereocenters. The summed E-state index contributed by atoms with van der Waals surface area (Å²) in [5, 5.41) is 5.17. The summed E-state index contributed by atoms with van der Waals surface area (Å²) in [4.78, 5) is 11.1. The maximum Gasteiger partial charge on any atom is 0.263 e. The highest BCUT2D eigenvalue weighted by Gasteiger charge is 2.07. The molecule has 2 N–H and O–H groups in total. The quantitative estimate of drug-likeness (QED) is 0.860. The summed E-state index contributed by atoms with van der Waals surface area (Å²) >= 11 is 0. The molecule has 0 atom stereocenters. The van der Waals surface area contributed by atoms with Gasteiger partial charge in [0.15, 0.2) is 0 Å². The lowest BCUT2D eigenvalue weighted by Crippen LogP contribution is -2.25. The Kier molecular flexibility index (Phi) is 6.60. The topological polar surface area (TPSA) is 41.1 Å². The number of carbonyl (C=O) groups excluding carboxylic acids is 1. The van der Waals surface area contributed by atoms with Gasteiger partial charge in [-0.2, -0.15) is 0 Å². The van der Waals surface area contributed by atoms with Crippen molar-refractivity contribution in [3.8, 4) is 0 Å². The van der Waals surface area contributed by atoms with Gasteiger partial charge in [0, 0.05) is 11.3 Å². The molecule has 6 heteroatoms. The maximum atomic E-state index is 12.3. The molecule has 0 heterocycles. The molecule has 3 nitrogen and oxygen atoms in total. The van der Waals surface area contributed by atoms with Crippen LogP contribution in [0.25, 0.3) is 0 Å². The Morgan fingerprint density at radius 1 is 1.44 bits per heavy atom. The first-order chi connectivity index (χ1) is 7.13. The number of halogens is 3. The van der Waals surface area contributed by atoms with Crippen molar-refractivity contribution >= 4 is 24.0 Å². The van der Waals surface area contributed by atoms with Crippen molar-refractivity contribution in [2.75, 3.05) is 18.9 Å². The summed E-state index contributed by atoms with van der Waals surface area (Å²) in [5.74, 6) is -0.260. The predicted molar refractivity (Wildman–Crippen MR) is 61.2 cm³/mol. The summed E-state index contributed by atoms with van der Waals surface area (Å²) in [7, 11) is 1.63. The second kappa shape index (κ2) is 7.14. The Balaban J connectivity index is 0.00000225. The number of amides is 1. The van der Waals surface area contributed by atoms with E-state index in [1.807, 2.05) is 0 Å². The first-order valence-corrected chi connectivity index (χ1v) is 4.46. The van der Waals surface area contributed by atoms with E-state index in [0.29, 0.717) is 5.69 Å². The van der Waals surface area contributed by atoms with Crippen LogP contribution in [0.2, 0.25) is 0 Å². The van der Waals surface area contributed by atoms with Crippen molar-refractivity contribution in [1.29, 1.82) is 0 Å². The molecule has 0 fully saturated rings. The van der Waals surface area contributed by atoms with Gasteiger partial charge in [-0.3, -0.25) is 4.79 Å². The molecule has 1 rings (SSSR count). The van der Waals surface area contributed by atoms with Crippen molar-refractivity contribution in [2.45, 2.75) is 6.43 Å². The number of hydrogen-bond acceptors (Lipinski definition) is 2. The van der Waals surface area contributed by atoms with E-state index >= 15 is 0 Å².